The Labute approximate surface area is 155 Å². The maximum atomic E-state index is 13.0. The molecule has 2 aromatic carbocycles. The second kappa shape index (κ2) is 7.46. The quantitative estimate of drug-likeness (QED) is 0.809. The van der Waals surface area contributed by atoms with Gasteiger partial charge in [0, 0.05) is 17.5 Å². The maximum absolute atomic E-state index is 13.0. The molecule has 2 aromatic rings. The minimum Gasteiger partial charge on any atom is -0.304 e. The number of carbonyl (C=O) groups is 1. The molecule has 1 aliphatic heterocycles. The molecule has 1 aliphatic rings. The third kappa shape index (κ3) is 4.22. The van der Waals surface area contributed by atoms with Crippen LogP contribution in [-0.4, -0.2) is 26.1 Å². The second-order valence-corrected chi connectivity index (χ2v) is 8.67. The molecule has 1 heterocycles. The van der Waals surface area contributed by atoms with Crippen LogP contribution >= 0.6 is 0 Å². The minimum absolute atomic E-state index is 0.0585. The van der Waals surface area contributed by atoms with E-state index >= 15 is 0 Å². The first-order chi connectivity index (χ1) is 12.4. The highest BCUT2D eigenvalue weighted by Crippen LogP contribution is 2.26. The van der Waals surface area contributed by atoms with Crippen LogP contribution < -0.4 is 4.90 Å². The zero-order valence-electron chi connectivity index (χ0n) is 15.1. The van der Waals surface area contributed by atoms with Crippen molar-refractivity contribution in [3.05, 3.63) is 76.7 Å². The van der Waals surface area contributed by atoms with Gasteiger partial charge in [-0.25, -0.2) is 8.42 Å². The van der Waals surface area contributed by atoms with Gasteiger partial charge in [0.25, 0.3) is 0 Å². The van der Waals surface area contributed by atoms with E-state index in [2.05, 4.69) is 0 Å². The fraction of sp³-hybridized carbons (Fsp3) is 0.286. The highest BCUT2D eigenvalue weighted by molar-refractivity contribution is 7.94. The van der Waals surface area contributed by atoms with E-state index in [0.717, 1.165) is 22.4 Å². The lowest BCUT2D eigenvalue weighted by molar-refractivity contribution is -0.118. The van der Waals surface area contributed by atoms with Crippen LogP contribution in [0, 0.1) is 13.8 Å². The van der Waals surface area contributed by atoms with Crippen LogP contribution in [0.1, 0.15) is 23.1 Å². The summed E-state index contributed by atoms with van der Waals surface area (Å²) in [6.07, 6.45) is 2.58. The lowest BCUT2D eigenvalue weighted by Crippen LogP contribution is -2.41. The Morgan fingerprint density at radius 3 is 2.42 bits per heavy atom. The van der Waals surface area contributed by atoms with Crippen LogP contribution in [0.3, 0.4) is 0 Å². The number of aryl methyl sites for hydroxylation is 3. The van der Waals surface area contributed by atoms with Gasteiger partial charge in [0.2, 0.25) is 5.91 Å². The van der Waals surface area contributed by atoms with Crippen molar-refractivity contribution in [1.29, 1.82) is 0 Å². The average molecular weight is 369 g/mol. The Morgan fingerprint density at radius 1 is 1.08 bits per heavy atom. The van der Waals surface area contributed by atoms with Crippen LogP contribution in [0.2, 0.25) is 0 Å². The number of hydrogen-bond acceptors (Lipinski definition) is 3. The van der Waals surface area contributed by atoms with Crippen LogP contribution in [0.5, 0.6) is 0 Å². The molecular weight excluding hydrogens is 346 g/mol. The number of carbonyl (C=O) groups excluding carboxylic acids is 1. The SMILES string of the molecule is Cc1ccc(N(C(=O)CCc2ccccc2)C2C=CS(=O)(=O)C2)cc1C. The predicted octanol–water partition coefficient (Wildman–Crippen LogP) is 3.58. The number of rotatable bonds is 5. The Morgan fingerprint density at radius 2 is 1.81 bits per heavy atom. The number of amides is 1. The van der Waals surface area contributed by atoms with E-state index in [9.17, 15) is 13.2 Å². The first-order valence-corrected chi connectivity index (χ1v) is 10.4. The van der Waals surface area contributed by atoms with Crippen LogP contribution in [-0.2, 0) is 21.1 Å². The number of hydrogen-bond donors (Lipinski definition) is 0. The van der Waals surface area contributed by atoms with Crippen LogP contribution in [0.4, 0.5) is 5.69 Å². The van der Waals surface area contributed by atoms with Crippen molar-refractivity contribution in [3.8, 4) is 0 Å². The zero-order chi connectivity index (χ0) is 18.7. The first kappa shape index (κ1) is 18.4. The van der Waals surface area contributed by atoms with Gasteiger partial charge in [-0.05, 0) is 55.2 Å². The molecule has 4 nitrogen and oxygen atoms in total. The van der Waals surface area contributed by atoms with E-state index in [4.69, 9.17) is 0 Å². The van der Waals surface area contributed by atoms with Crippen molar-refractivity contribution < 1.29 is 13.2 Å². The van der Waals surface area contributed by atoms with E-state index in [1.165, 1.54) is 5.41 Å². The van der Waals surface area contributed by atoms with Gasteiger partial charge < -0.3 is 4.90 Å². The first-order valence-electron chi connectivity index (χ1n) is 8.70. The molecule has 136 valence electrons. The van der Waals surface area contributed by atoms with E-state index in [0.29, 0.717) is 12.8 Å². The average Bonchev–Trinajstić information content (AvgIpc) is 2.97. The summed E-state index contributed by atoms with van der Waals surface area (Å²) in [6.45, 7) is 4.01. The Kier molecular flexibility index (Phi) is 5.28. The van der Waals surface area contributed by atoms with Crippen molar-refractivity contribution in [1.82, 2.24) is 0 Å². The lowest BCUT2D eigenvalue weighted by atomic mass is 10.1. The van der Waals surface area contributed by atoms with Gasteiger partial charge in [0.15, 0.2) is 9.84 Å². The summed E-state index contributed by atoms with van der Waals surface area (Å²) >= 11 is 0. The van der Waals surface area contributed by atoms with Gasteiger partial charge in [-0.3, -0.25) is 4.79 Å². The van der Waals surface area contributed by atoms with Crippen molar-refractivity contribution in [2.24, 2.45) is 0 Å². The molecule has 0 saturated carbocycles. The zero-order valence-corrected chi connectivity index (χ0v) is 15.9. The standard InChI is InChI=1S/C21H23NO3S/c1-16-8-10-19(14-17(16)2)22(20-12-13-26(24,25)15-20)21(23)11-9-18-6-4-3-5-7-18/h3-8,10,12-14,20H,9,11,15H2,1-2H3. The highest BCUT2D eigenvalue weighted by atomic mass is 32.2. The number of sulfone groups is 1. The summed E-state index contributed by atoms with van der Waals surface area (Å²) in [7, 11) is -3.24. The summed E-state index contributed by atoms with van der Waals surface area (Å²) < 4.78 is 23.7. The fourth-order valence-electron chi connectivity index (χ4n) is 3.13. The van der Waals surface area contributed by atoms with Crippen molar-refractivity contribution in [2.45, 2.75) is 32.7 Å². The Hall–Kier alpha value is -2.40. The van der Waals surface area contributed by atoms with Gasteiger partial charge in [-0.15, -0.1) is 0 Å². The van der Waals surface area contributed by atoms with Crippen LogP contribution in [0.25, 0.3) is 0 Å². The second-order valence-electron chi connectivity index (χ2n) is 6.74. The van der Waals surface area contributed by atoms with E-state index < -0.39 is 15.9 Å². The molecule has 0 aromatic heterocycles. The molecule has 0 radical (unpaired) electrons. The largest absolute Gasteiger partial charge is 0.304 e. The van der Waals surface area contributed by atoms with E-state index in [1.54, 1.807) is 11.0 Å². The molecule has 1 unspecified atom stereocenters. The highest BCUT2D eigenvalue weighted by Gasteiger charge is 2.31. The third-order valence-corrected chi connectivity index (χ3v) is 6.13. The van der Waals surface area contributed by atoms with Gasteiger partial charge in [-0.2, -0.15) is 0 Å². The molecular formula is C21H23NO3S. The van der Waals surface area contributed by atoms with Crippen molar-refractivity contribution in [3.63, 3.8) is 0 Å². The summed E-state index contributed by atoms with van der Waals surface area (Å²) in [6, 6.07) is 15.2. The molecule has 0 N–H and O–H groups in total. The van der Waals surface area contributed by atoms with Crippen LogP contribution in [0.15, 0.2) is 60.0 Å². The fourth-order valence-corrected chi connectivity index (χ4v) is 4.40. The number of benzene rings is 2. The van der Waals surface area contributed by atoms with Gasteiger partial charge in [0.05, 0.1) is 11.8 Å². The molecule has 3 rings (SSSR count). The molecule has 0 fully saturated rings. The predicted molar refractivity (Wildman–Crippen MR) is 105 cm³/mol. The summed E-state index contributed by atoms with van der Waals surface area (Å²) in [5, 5.41) is 1.22. The smallest absolute Gasteiger partial charge is 0.227 e. The molecule has 1 atom stereocenters. The van der Waals surface area contributed by atoms with E-state index in [1.807, 2.05) is 62.4 Å². The molecule has 0 saturated heterocycles. The summed E-state index contributed by atoms with van der Waals surface area (Å²) in [5.74, 6) is -0.124. The minimum atomic E-state index is -3.24. The van der Waals surface area contributed by atoms with Gasteiger partial charge in [-0.1, -0.05) is 36.4 Å². The molecule has 0 bridgehead atoms. The van der Waals surface area contributed by atoms with Gasteiger partial charge >= 0.3 is 0 Å². The summed E-state index contributed by atoms with van der Waals surface area (Å²) in [5.41, 5.74) is 4.06. The lowest BCUT2D eigenvalue weighted by Gasteiger charge is -2.28. The van der Waals surface area contributed by atoms with E-state index in [-0.39, 0.29) is 11.7 Å². The monoisotopic (exact) mass is 369 g/mol. The Balaban J connectivity index is 1.86. The Bertz CT molecular complexity index is 933. The van der Waals surface area contributed by atoms with Crippen molar-refractivity contribution in [2.75, 3.05) is 10.7 Å². The molecule has 0 aliphatic carbocycles. The molecule has 5 heteroatoms. The topological polar surface area (TPSA) is 54.5 Å². The summed E-state index contributed by atoms with van der Waals surface area (Å²) in [4.78, 5) is 14.6. The number of nitrogens with zero attached hydrogens (tertiary/aromatic N) is 1. The third-order valence-electron chi connectivity index (χ3n) is 4.75. The van der Waals surface area contributed by atoms with Gasteiger partial charge in [0.1, 0.15) is 0 Å². The number of anilines is 1. The molecule has 0 spiro atoms. The van der Waals surface area contributed by atoms with Crippen molar-refractivity contribution >= 4 is 21.4 Å². The normalized spacial score (nSPS) is 18.0. The maximum Gasteiger partial charge on any atom is 0.227 e. The molecule has 26 heavy (non-hydrogen) atoms. The molecule has 1 amide bonds.